The van der Waals surface area contributed by atoms with E-state index >= 15 is 0 Å². The molecule has 0 saturated heterocycles. The summed E-state index contributed by atoms with van der Waals surface area (Å²) in [6.45, 7) is 7.78. The molecule has 0 saturated carbocycles. The lowest BCUT2D eigenvalue weighted by molar-refractivity contribution is 0.301. The van der Waals surface area contributed by atoms with Crippen LogP contribution in [0.15, 0.2) is 42.6 Å². The SMILES string of the molecule is CCc1cccc(OCc2ccc(CNC(C)C)cn2)c1. The van der Waals surface area contributed by atoms with Crippen molar-refractivity contribution in [2.45, 2.75) is 46.4 Å². The Labute approximate surface area is 127 Å². The van der Waals surface area contributed by atoms with Crippen molar-refractivity contribution < 1.29 is 4.74 Å². The molecule has 3 heteroatoms. The van der Waals surface area contributed by atoms with E-state index in [0.29, 0.717) is 12.6 Å². The highest BCUT2D eigenvalue weighted by Gasteiger charge is 2.00. The third-order valence-corrected chi connectivity index (χ3v) is 3.29. The Kier molecular flexibility index (Phi) is 5.76. The molecule has 112 valence electrons. The second-order valence-corrected chi connectivity index (χ2v) is 5.48. The number of rotatable bonds is 7. The molecule has 1 N–H and O–H groups in total. The third-order valence-electron chi connectivity index (χ3n) is 3.29. The number of aryl methyl sites for hydroxylation is 1. The average molecular weight is 284 g/mol. The highest BCUT2D eigenvalue weighted by molar-refractivity contribution is 5.28. The molecular weight excluding hydrogens is 260 g/mol. The van der Waals surface area contributed by atoms with Crippen molar-refractivity contribution in [1.82, 2.24) is 10.3 Å². The molecule has 21 heavy (non-hydrogen) atoms. The van der Waals surface area contributed by atoms with Crippen LogP contribution in [0.25, 0.3) is 0 Å². The highest BCUT2D eigenvalue weighted by atomic mass is 16.5. The van der Waals surface area contributed by atoms with Gasteiger partial charge >= 0.3 is 0 Å². The average Bonchev–Trinajstić information content (AvgIpc) is 2.52. The normalized spacial score (nSPS) is 10.9. The molecule has 2 rings (SSSR count). The molecule has 1 aromatic heterocycles. The number of nitrogens with zero attached hydrogens (tertiary/aromatic N) is 1. The van der Waals surface area contributed by atoms with E-state index in [-0.39, 0.29) is 0 Å². The van der Waals surface area contributed by atoms with E-state index in [1.807, 2.05) is 24.4 Å². The standard InChI is InChI=1S/C18H24N2O/c1-4-15-6-5-7-18(10-15)21-13-17-9-8-16(12-20-17)11-19-14(2)3/h5-10,12,14,19H,4,11,13H2,1-3H3. The molecule has 0 bridgehead atoms. The number of hydrogen-bond donors (Lipinski definition) is 1. The lowest BCUT2D eigenvalue weighted by atomic mass is 10.2. The Morgan fingerprint density at radius 1 is 1.14 bits per heavy atom. The van der Waals surface area contributed by atoms with Crippen LogP contribution >= 0.6 is 0 Å². The van der Waals surface area contributed by atoms with Gasteiger partial charge in [-0.15, -0.1) is 0 Å². The van der Waals surface area contributed by atoms with Gasteiger partial charge in [0.1, 0.15) is 12.4 Å². The predicted molar refractivity (Wildman–Crippen MR) is 86.4 cm³/mol. The first-order valence-electron chi connectivity index (χ1n) is 7.56. The highest BCUT2D eigenvalue weighted by Crippen LogP contribution is 2.15. The van der Waals surface area contributed by atoms with E-state index in [0.717, 1.165) is 24.4 Å². The van der Waals surface area contributed by atoms with Crippen molar-refractivity contribution in [3.8, 4) is 5.75 Å². The maximum absolute atomic E-state index is 5.79. The second kappa shape index (κ2) is 7.79. The van der Waals surface area contributed by atoms with Crippen molar-refractivity contribution in [1.29, 1.82) is 0 Å². The zero-order valence-corrected chi connectivity index (χ0v) is 13.1. The van der Waals surface area contributed by atoms with Crippen LogP contribution in [0.3, 0.4) is 0 Å². The predicted octanol–water partition coefficient (Wildman–Crippen LogP) is 3.72. The summed E-state index contributed by atoms with van der Waals surface area (Å²) >= 11 is 0. The van der Waals surface area contributed by atoms with Gasteiger partial charge in [-0.3, -0.25) is 4.98 Å². The lowest BCUT2D eigenvalue weighted by Gasteiger charge is -2.09. The fourth-order valence-electron chi connectivity index (χ4n) is 1.98. The molecule has 2 aromatic rings. The molecule has 0 unspecified atom stereocenters. The van der Waals surface area contributed by atoms with Gasteiger partial charge in [0.15, 0.2) is 0 Å². The number of nitrogens with one attached hydrogen (secondary N) is 1. The van der Waals surface area contributed by atoms with Crippen LogP contribution in [0.2, 0.25) is 0 Å². The fraction of sp³-hybridized carbons (Fsp3) is 0.389. The molecule has 1 heterocycles. The Bertz CT molecular complexity index is 549. The van der Waals surface area contributed by atoms with Crippen molar-refractivity contribution in [2.24, 2.45) is 0 Å². The summed E-state index contributed by atoms with van der Waals surface area (Å²) in [4.78, 5) is 4.45. The van der Waals surface area contributed by atoms with Crippen molar-refractivity contribution in [2.75, 3.05) is 0 Å². The topological polar surface area (TPSA) is 34.1 Å². The quantitative estimate of drug-likeness (QED) is 0.841. The molecule has 3 nitrogen and oxygen atoms in total. The van der Waals surface area contributed by atoms with Crippen LogP contribution in [0.4, 0.5) is 0 Å². The summed E-state index contributed by atoms with van der Waals surface area (Å²) < 4.78 is 5.79. The van der Waals surface area contributed by atoms with Crippen LogP contribution in [-0.2, 0) is 19.6 Å². The van der Waals surface area contributed by atoms with Gasteiger partial charge in [-0.25, -0.2) is 0 Å². The molecule has 0 amide bonds. The van der Waals surface area contributed by atoms with Gasteiger partial charge in [0.2, 0.25) is 0 Å². The number of hydrogen-bond acceptors (Lipinski definition) is 3. The number of aromatic nitrogens is 1. The maximum atomic E-state index is 5.79. The van der Waals surface area contributed by atoms with E-state index in [4.69, 9.17) is 4.74 Å². The minimum Gasteiger partial charge on any atom is -0.487 e. The lowest BCUT2D eigenvalue weighted by Crippen LogP contribution is -2.21. The van der Waals surface area contributed by atoms with E-state index in [1.54, 1.807) is 0 Å². The minimum absolute atomic E-state index is 0.485. The molecule has 0 spiro atoms. The smallest absolute Gasteiger partial charge is 0.130 e. The molecule has 1 aromatic carbocycles. The van der Waals surface area contributed by atoms with E-state index in [2.05, 4.69) is 49.3 Å². The monoisotopic (exact) mass is 284 g/mol. The molecule has 0 fully saturated rings. The summed E-state index contributed by atoms with van der Waals surface area (Å²) in [5.41, 5.74) is 3.43. The second-order valence-electron chi connectivity index (χ2n) is 5.48. The largest absolute Gasteiger partial charge is 0.487 e. The van der Waals surface area contributed by atoms with Crippen molar-refractivity contribution in [3.63, 3.8) is 0 Å². The summed E-state index contributed by atoms with van der Waals surface area (Å²) in [5, 5.41) is 3.38. The Balaban J connectivity index is 1.88. The molecule has 0 aliphatic carbocycles. The van der Waals surface area contributed by atoms with Gasteiger partial charge in [0.25, 0.3) is 0 Å². The summed E-state index contributed by atoms with van der Waals surface area (Å²) in [7, 11) is 0. The minimum atomic E-state index is 0.485. The van der Waals surface area contributed by atoms with Crippen LogP contribution in [0.1, 0.15) is 37.6 Å². The summed E-state index contributed by atoms with van der Waals surface area (Å²) in [5.74, 6) is 0.904. The maximum Gasteiger partial charge on any atom is 0.130 e. The molecular formula is C18H24N2O. The van der Waals surface area contributed by atoms with E-state index < -0.39 is 0 Å². The molecule has 0 atom stereocenters. The van der Waals surface area contributed by atoms with Crippen molar-refractivity contribution in [3.05, 3.63) is 59.4 Å². The number of pyridine rings is 1. The van der Waals surface area contributed by atoms with Crippen LogP contribution < -0.4 is 10.1 Å². The van der Waals surface area contributed by atoms with Crippen LogP contribution in [-0.4, -0.2) is 11.0 Å². The van der Waals surface area contributed by atoms with E-state index in [9.17, 15) is 0 Å². The number of benzene rings is 1. The Morgan fingerprint density at radius 3 is 2.67 bits per heavy atom. The zero-order valence-electron chi connectivity index (χ0n) is 13.1. The fourth-order valence-corrected chi connectivity index (χ4v) is 1.98. The van der Waals surface area contributed by atoms with Gasteiger partial charge in [-0.2, -0.15) is 0 Å². The van der Waals surface area contributed by atoms with Crippen molar-refractivity contribution >= 4 is 0 Å². The van der Waals surface area contributed by atoms with Gasteiger partial charge in [0.05, 0.1) is 5.69 Å². The zero-order chi connectivity index (χ0) is 15.1. The molecule has 0 aliphatic heterocycles. The third kappa shape index (κ3) is 5.20. The van der Waals surface area contributed by atoms with E-state index in [1.165, 1.54) is 11.1 Å². The van der Waals surface area contributed by atoms with Crippen LogP contribution in [0.5, 0.6) is 5.75 Å². The van der Waals surface area contributed by atoms with Gasteiger partial charge in [-0.05, 0) is 35.7 Å². The Morgan fingerprint density at radius 2 is 2.00 bits per heavy atom. The van der Waals surface area contributed by atoms with Gasteiger partial charge in [-0.1, -0.05) is 39.0 Å². The van der Waals surface area contributed by atoms with Gasteiger partial charge in [0, 0.05) is 18.8 Å². The number of ether oxygens (including phenoxy) is 1. The van der Waals surface area contributed by atoms with Gasteiger partial charge < -0.3 is 10.1 Å². The summed E-state index contributed by atoms with van der Waals surface area (Å²) in [6.07, 6.45) is 2.93. The van der Waals surface area contributed by atoms with Crippen LogP contribution in [0, 0.1) is 0 Å². The first-order chi connectivity index (χ1) is 10.2. The molecule has 0 aliphatic rings. The first-order valence-corrected chi connectivity index (χ1v) is 7.56. The first kappa shape index (κ1) is 15.5. The Hall–Kier alpha value is -1.87. The summed E-state index contributed by atoms with van der Waals surface area (Å²) in [6, 6.07) is 12.8. The molecule has 0 radical (unpaired) electrons.